The average Bonchev–Trinajstić information content (AvgIpc) is 3.18. The first-order valence-corrected chi connectivity index (χ1v) is 17.4. The van der Waals surface area contributed by atoms with E-state index in [0.717, 1.165) is 40.7 Å². The van der Waals surface area contributed by atoms with Gasteiger partial charge in [0, 0.05) is 16.7 Å². The van der Waals surface area contributed by atoms with Gasteiger partial charge in [-0.05, 0) is 53.9 Å². The maximum absolute atomic E-state index is 13.4. The Balaban J connectivity index is 1.68. The molecule has 0 heterocycles. The average molecular weight is 597 g/mol. The molecule has 3 aromatic carbocycles. The van der Waals surface area contributed by atoms with Gasteiger partial charge in [-0.1, -0.05) is 153 Å². The number of rotatable bonds is 23. The van der Waals surface area contributed by atoms with Crippen LogP contribution in [0.5, 0.6) is 11.5 Å². The highest BCUT2D eigenvalue weighted by Crippen LogP contribution is 2.27. The molecule has 0 aliphatic heterocycles. The lowest BCUT2D eigenvalue weighted by Crippen LogP contribution is -2.04. The Kier molecular flexibility index (Phi) is 17.1. The summed E-state index contributed by atoms with van der Waals surface area (Å²) in [6.45, 7) is 9.81. The molecule has 44 heavy (non-hydrogen) atoms. The Hall–Kier alpha value is -3.33. The van der Waals surface area contributed by atoms with Crippen LogP contribution in [0.3, 0.4) is 0 Å². The molecule has 0 saturated heterocycles. The van der Waals surface area contributed by atoms with Crippen LogP contribution in [0, 0.1) is 0 Å². The molecule has 3 heteroatoms. The molecule has 0 saturated carbocycles. The smallest absolute Gasteiger partial charge is 0.193 e. The minimum absolute atomic E-state index is 0.0315. The number of hydrogen-bond donors (Lipinski definition) is 0. The van der Waals surface area contributed by atoms with Crippen molar-refractivity contribution in [1.29, 1.82) is 0 Å². The van der Waals surface area contributed by atoms with Crippen molar-refractivity contribution in [3.63, 3.8) is 0 Å². The van der Waals surface area contributed by atoms with E-state index in [9.17, 15) is 4.79 Å². The van der Waals surface area contributed by atoms with Crippen LogP contribution in [-0.2, 0) is 0 Å². The summed E-state index contributed by atoms with van der Waals surface area (Å²) in [6, 6.07) is 18.0. The van der Waals surface area contributed by atoms with Gasteiger partial charge in [0.05, 0.1) is 13.2 Å². The van der Waals surface area contributed by atoms with Crippen LogP contribution < -0.4 is 14.9 Å². The van der Waals surface area contributed by atoms with Gasteiger partial charge in [-0.15, -0.1) is 0 Å². The molecule has 0 radical (unpaired) electrons. The zero-order valence-corrected chi connectivity index (χ0v) is 27.6. The fourth-order valence-corrected chi connectivity index (χ4v) is 5.58. The minimum Gasteiger partial charge on any atom is -0.494 e. The summed E-state index contributed by atoms with van der Waals surface area (Å²) in [5.41, 5.74) is 2.11. The van der Waals surface area contributed by atoms with Gasteiger partial charge in [0.2, 0.25) is 0 Å². The number of hydrogen-bond acceptors (Lipinski definition) is 3. The van der Waals surface area contributed by atoms with E-state index in [-0.39, 0.29) is 5.43 Å². The second-order valence-corrected chi connectivity index (χ2v) is 12.0. The second-order valence-electron chi connectivity index (χ2n) is 12.0. The molecule has 3 rings (SSSR count). The number of ether oxygens (including phenoxy) is 2. The predicted octanol–water partition coefficient (Wildman–Crippen LogP) is 12.1. The lowest BCUT2D eigenvalue weighted by molar-refractivity contribution is 0.295. The van der Waals surface area contributed by atoms with Crippen LogP contribution in [0.25, 0.3) is 29.0 Å². The standard InChI is InChI=1S/C41H56O3/c1-4-7-9-11-13-15-17-21-29-43-39-27-28-40(44-30-22-18-16-14-12-10-8-5-2)37(33-39)25-26-38-32-36-24-20-19-23-35(36)31-34(6-3)41(38)42/h6,19-20,23-28,31-33H,3-5,7-18,21-22,29-30H2,1-2H3/b26-25+. The van der Waals surface area contributed by atoms with Gasteiger partial charge in [-0.2, -0.15) is 0 Å². The molecule has 0 unspecified atom stereocenters. The minimum atomic E-state index is -0.0315. The van der Waals surface area contributed by atoms with Crippen LogP contribution in [-0.4, -0.2) is 13.2 Å². The van der Waals surface area contributed by atoms with E-state index in [0.29, 0.717) is 24.3 Å². The van der Waals surface area contributed by atoms with Crippen molar-refractivity contribution >= 4 is 29.0 Å². The summed E-state index contributed by atoms with van der Waals surface area (Å²) in [7, 11) is 0. The molecular weight excluding hydrogens is 540 g/mol. The van der Waals surface area contributed by atoms with Crippen LogP contribution in [0.15, 0.2) is 66.0 Å². The first-order chi connectivity index (χ1) is 21.7. The SMILES string of the molecule is C=Cc1cc2ccccc2cc(/C=C/c2cc(OCCCCCCCCCC)ccc2OCCCCCCCCCC)c1=O. The molecule has 0 N–H and O–H groups in total. The van der Waals surface area contributed by atoms with Crippen molar-refractivity contribution in [3.8, 4) is 11.5 Å². The van der Waals surface area contributed by atoms with Gasteiger partial charge in [0.15, 0.2) is 5.43 Å². The van der Waals surface area contributed by atoms with E-state index in [2.05, 4.69) is 20.4 Å². The predicted molar refractivity (Wildman–Crippen MR) is 192 cm³/mol. The summed E-state index contributed by atoms with van der Waals surface area (Å²) < 4.78 is 12.5. The summed E-state index contributed by atoms with van der Waals surface area (Å²) >= 11 is 0. The van der Waals surface area contributed by atoms with Crippen molar-refractivity contribution in [2.45, 2.75) is 117 Å². The quantitative estimate of drug-likeness (QED) is 0.102. The first kappa shape index (κ1) is 35.2. The van der Waals surface area contributed by atoms with Crippen LogP contribution in [0.1, 0.15) is 133 Å². The van der Waals surface area contributed by atoms with Crippen molar-refractivity contribution < 1.29 is 9.47 Å². The third-order valence-electron chi connectivity index (χ3n) is 8.31. The van der Waals surface area contributed by atoms with Crippen molar-refractivity contribution in [1.82, 2.24) is 0 Å². The monoisotopic (exact) mass is 596 g/mol. The molecule has 3 nitrogen and oxygen atoms in total. The zero-order chi connectivity index (χ0) is 31.2. The third kappa shape index (κ3) is 12.7. The van der Waals surface area contributed by atoms with Crippen LogP contribution in [0.4, 0.5) is 0 Å². The highest BCUT2D eigenvalue weighted by atomic mass is 16.5. The second kappa shape index (κ2) is 21.4. The van der Waals surface area contributed by atoms with Crippen LogP contribution in [0.2, 0.25) is 0 Å². The Morgan fingerprint density at radius 1 is 0.568 bits per heavy atom. The van der Waals surface area contributed by atoms with Gasteiger partial charge in [-0.3, -0.25) is 4.79 Å². The zero-order valence-electron chi connectivity index (χ0n) is 27.6. The maximum Gasteiger partial charge on any atom is 0.193 e. The normalized spacial score (nSPS) is 11.3. The topological polar surface area (TPSA) is 35.5 Å². The first-order valence-electron chi connectivity index (χ1n) is 17.4. The summed E-state index contributed by atoms with van der Waals surface area (Å²) in [5, 5.41) is 2.04. The van der Waals surface area contributed by atoms with Crippen molar-refractivity contribution in [2.75, 3.05) is 13.2 Å². The van der Waals surface area contributed by atoms with Crippen LogP contribution >= 0.6 is 0 Å². The molecular formula is C41H56O3. The van der Waals surface area contributed by atoms with E-state index < -0.39 is 0 Å². The van der Waals surface area contributed by atoms with Gasteiger partial charge in [0.25, 0.3) is 0 Å². The van der Waals surface area contributed by atoms with Gasteiger partial charge in [0.1, 0.15) is 11.5 Å². The number of benzene rings is 2. The van der Waals surface area contributed by atoms with Crippen molar-refractivity contribution in [3.05, 3.63) is 88.1 Å². The Bertz CT molecular complexity index is 1340. The molecule has 0 aliphatic carbocycles. The summed E-state index contributed by atoms with van der Waals surface area (Å²) in [6.07, 6.45) is 25.9. The third-order valence-corrected chi connectivity index (χ3v) is 8.31. The lowest BCUT2D eigenvalue weighted by atomic mass is 10.1. The van der Waals surface area contributed by atoms with Gasteiger partial charge < -0.3 is 9.47 Å². The van der Waals surface area contributed by atoms with Gasteiger partial charge in [-0.25, -0.2) is 0 Å². The maximum atomic E-state index is 13.4. The molecule has 0 fully saturated rings. The highest BCUT2D eigenvalue weighted by molar-refractivity contribution is 5.86. The molecule has 3 aromatic rings. The summed E-state index contributed by atoms with van der Waals surface area (Å²) in [4.78, 5) is 13.4. The number of unbranched alkanes of at least 4 members (excludes halogenated alkanes) is 14. The fraction of sp³-hybridized carbons (Fsp3) is 0.488. The molecule has 0 bridgehead atoms. The molecule has 238 valence electrons. The molecule has 0 aromatic heterocycles. The lowest BCUT2D eigenvalue weighted by Gasteiger charge is -2.12. The van der Waals surface area contributed by atoms with E-state index in [4.69, 9.17) is 9.47 Å². The summed E-state index contributed by atoms with van der Waals surface area (Å²) in [5.74, 6) is 1.66. The number of fused-ring (bicyclic) bond motifs is 1. The molecule has 0 spiro atoms. The Morgan fingerprint density at radius 3 is 1.64 bits per heavy atom. The van der Waals surface area contributed by atoms with E-state index in [1.807, 2.05) is 66.7 Å². The molecule has 0 amide bonds. The molecule has 0 aliphatic rings. The Morgan fingerprint density at radius 2 is 1.07 bits per heavy atom. The van der Waals surface area contributed by atoms with E-state index in [1.165, 1.54) is 89.9 Å². The highest BCUT2D eigenvalue weighted by Gasteiger charge is 2.07. The fourth-order valence-electron chi connectivity index (χ4n) is 5.58. The van der Waals surface area contributed by atoms with Gasteiger partial charge >= 0.3 is 0 Å². The van der Waals surface area contributed by atoms with E-state index >= 15 is 0 Å². The molecule has 0 atom stereocenters. The Labute approximate surface area is 267 Å². The van der Waals surface area contributed by atoms with Crippen molar-refractivity contribution in [2.24, 2.45) is 0 Å². The largest absolute Gasteiger partial charge is 0.494 e. The van der Waals surface area contributed by atoms with E-state index in [1.54, 1.807) is 6.08 Å².